The van der Waals surface area contributed by atoms with E-state index in [0.29, 0.717) is 30.3 Å². The molecular formula is C16H28O4. The molecule has 0 aromatic carbocycles. The molecule has 4 nitrogen and oxygen atoms in total. The summed E-state index contributed by atoms with van der Waals surface area (Å²) in [6.07, 6.45) is 10.1. The predicted octanol–water partition coefficient (Wildman–Crippen LogP) is 2.54. The maximum atomic E-state index is 5.88. The number of rotatable bonds is 9. The van der Waals surface area contributed by atoms with Crippen LogP contribution in [0.15, 0.2) is 0 Å². The van der Waals surface area contributed by atoms with Gasteiger partial charge in [-0.3, -0.25) is 0 Å². The van der Waals surface area contributed by atoms with E-state index in [2.05, 4.69) is 0 Å². The van der Waals surface area contributed by atoms with Gasteiger partial charge in [-0.2, -0.15) is 0 Å². The summed E-state index contributed by atoms with van der Waals surface area (Å²) in [6.45, 7) is 2.43. The van der Waals surface area contributed by atoms with E-state index in [-0.39, 0.29) is 0 Å². The Hall–Kier alpha value is -0.160. The highest BCUT2D eigenvalue weighted by molar-refractivity contribution is 4.84. The van der Waals surface area contributed by atoms with Crippen molar-refractivity contribution in [2.75, 3.05) is 26.9 Å². The number of hydrogen-bond acceptors (Lipinski definition) is 4. The Balaban J connectivity index is 1.13. The molecule has 3 rings (SSSR count). The van der Waals surface area contributed by atoms with E-state index < -0.39 is 0 Å². The molecule has 0 bridgehead atoms. The Kier molecular flexibility index (Phi) is 5.32. The molecule has 3 aliphatic rings. The molecular weight excluding hydrogens is 256 g/mol. The van der Waals surface area contributed by atoms with Gasteiger partial charge >= 0.3 is 0 Å². The first kappa shape index (κ1) is 14.8. The third kappa shape index (κ3) is 3.94. The quantitative estimate of drug-likeness (QED) is 0.610. The van der Waals surface area contributed by atoms with Crippen LogP contribution >= 0.6 is 0 Å². The first-order valence-corrected chi connectivity index (χ1v) is 8.21. The second kappa shape index (κ2) is 7.21. The largest absolute Gasteiger partial charge is 0.381 e. The van der Waals surface area contributed by atoms with Gasteiger partial charge in [0.15, 0.2) is 0 Å². The molecule has 0 aromatic rings. The van der Waals surface area contributed by atoms with Crippen LogP contribution in [-0.4, -0.2) is 51.3 Å². The average Bonchev–Trinajstić information content (AvgIpc) is 2.29. The molecule has 0 aliphatic heterocycles. The summed E-state index contributed by atoms with van der Waals surface area (Å²) in [4.78, 5) is 0. The van der Waals surface area contributed by atoms with E-state index in [1.807, 2.05) is 0 Å². The zero-order chi connectivity index (χ0) is 13.8. The normalized spacial score (nSPS) is 37.0. The van der Waals surface area contributed by atoms with Crippen LogP contribution in [0.25, 0.3) is 0 Å². The molecule has 20 heavy (non-hydrogen) atoms. The van der Waals surface area contributed by atoms with Gasteiger partial charge in [-0.25, -0.2) is 0 Å². The van der Waals surface area contributed by atoms with Crippen LogP contribution in [0.5, 0.6) is 0 Å². The van der Waals surface area contributed by atoms with E-state index in [4.69, 9.17) is 18.9 Å². The van der Waals surface area contributed by atoms with E-state index in [1.54, 1.807) is 7.11 Å². The maximum absolute atomic E-state index is 5.88. The van der Waals surface area contributed by atoms with Crippen molar-refractivity contribution in [3.8, 4) is 0 Å². The van der Waals surface area contributed by atoms with Crippen molar-refractivity contribution in [1.29, 1.82) is 0 Å². The Bertz CT molecular complexity index is 280. The van der Waals surface area contributed by atoms with Crippen LogP contribution in [0.2, 0.25) is 0 Å². The highest BCUT2D eigenvalue weighted by Crippen LogP contribution is 2.33. The fourth-order valence-electron chi connectivity index (χ4n) is 3.03. The van der Waals surface area contributed by atoms with Gasteiger partial charge in [0.25, 0.3) is 0 Å². The molecule has 4 heteroatoms. The fourth-order valence-corrected chi connectivity index (χ4v) is 3.03. The van der Waals surface area contributed by atoms with Crippen molar-refractivity contribution < 1.29 is 18.9 Å². The average molecular weight is 284 g/mol. The maximum Gasteiger partial charge on any atom is 0.0704 e. The molecule has 0 aromatic heterocycles. The second-order valence-electron chi connectivity index (χ2n) is 6.54. The van der Waals surface area contributed by atoms with Crippen LogP contribution in [0.3, 0.4) is 0 Å². The molecule has 0 saturated heterocycles. The Labute approximate surface area is 122 Å². The molecule has 0 atom stereocenters. The highest BCUT2D eigenvalue weighted by Gasteiger charge is 2.34. The van der Waals surface area contributed by atoms with Crippen LogP contribution in [0.1, 0.15) is 44.9 Å². The van der Waals surface area contributed by atoms with Crippen molar-refractivity contribution >= 4 is 0 Å². The Morgan fingerprint density at radius 3 is 2.00 bits per heavy atom. The van der Waals surface area contributed by atoms with Crippen LogP contribution in [-0.2, 0) is 18.9 Å². The monoisotopic (exact) mass is 284 g/mol. The minimum atomic E-state index is 0.438. The number of ether oxygens (including phenoxy) is 4. The van der Waals surface area contributed by atoms with Gasteiger partial charge < -0.3 is 18.9 Å². The van der Waals surface area contributed by atoms with Gasteiger partial charge in [0.2, 0.25) is 0 Å². The van der Waals surface area contributed by atoms with Crippen molar-refractivity contribution in [3.63, 3.8) is 0 Å². The summed E-state index contributed by atoms with van der Waals surface area (Å²) >= 11 is 0. The molecule has 0 radical (unpaired) electrons. The minimum Gasteiger partial charge on any atom is -0.381 e. The summed E-state index contributed by atoms with van der Waals surface area (Å²) in [7, 11) is 1.78. The van der Waals surface area contributed by atoms with E-state index >= 15 is 0 Å². The SMILES string of the molecule is COC1CC(OCC2CC(OCCOC3CCC3)C2)C1. The lowest BCUT2D eigenvalue weighted by Crippen LogP contribution is -2.40. The zero-order valence-corrected chi connectivity index (χ0v) is 12.6. The van der Waals surface area contributed by atoms with E-state index in [1.165, 1.54) is 19.3 Å². The molecule has 0 amide bonds. The lowest BCUT2D eigenvalue weighted by Gasteiger charge is -2.39. The Morgan fingerprint density at radius 1 is 0.750 bits per heavy atom. The number of methoxy groups -OCH3 is 1. The first-order valence-electron chi connectivity index (χ1n) is 8.21. The lowest BCUT2D eigenvalue weighted by molar-refractivity contribution is -0.123. The van der Waals surface area contributed by atoms with E-state index in [9.17, 15) is 0 Å². The molecule has 3 fully saturated rings. The Morgan fingerprint density at radius 2 is 1.40 bits per heavy atom. The lowest BCUT2D eigenvalue weighted by atomic mass is 9.82. The summed E-state index contributed by atoms with van der Waals surface area (Å²) in [6, 6.07) is 0. The standard InChI is InChI=1S/C16H28O4/c1-17-14-9-16(10-14)20-11-12-7-15(8-12)19-6-5-18-13-3-2-4-13/h12-16H,2-11H2,1H3. The summed E-state index contributed by atoms with van der Waals surface area (Å²) in [5, 5.41) is 0. The smallest absolute Gasteiger partial charge is 0.0704 e. The first-order chi connectivity index (χ1) is 9.83. The van der Waals surface area contributed by atoms with Crippen LogP contribution in [0, 0.1) is 5.92 Å². The summed E-state index contributed by atoms with van der Waals surface area (Å²) < 4.78 is 22.6. The third-order valence-electron chi connectivity index (χ3n) is 4.99. The van der Waals surface area contributed by atoms with Crippen LogP contribution < -0.4 is 0 Å². The number of hydrogen-bond donors (Lipinski definition) is 0. The van der Waals surface area contributed by atoms with Crippen molar-refractivity contribution in [2.45, 2.75) is 69.4 Å². The van der Waals surface area contributed by atoms with E-state index in [0.717, 1.165) is 45.5 Å². The van der Waals surface area contributed by atoms with Crippen LogP contribution in [0.4, 0.5) is 0 Å². The fraction of sp³-hybridized carbons (Fsp3) is 1.00. The third-order valence-corrected chi connectivity index (χ3v) is 4.99. The van der Waals surface area contributed by atoms with Crippen molar-refractivity contribution in [2.24, 2.45) is 5.92 Å². The van der Waals surface area contributed by atoms with Crippen molar-refractivity contribution in [3.05, 3.63) is 0 Å². The zero-order valence-electron chi connectivity index (χ0n) is 12.6. The predicted molar refractivity (Wildman–Crippen MR) is 75.8 cm³/mol. The molecule has 3 aliphatic carbocycles. The van der Waals surface area contributed by atoms with Gasteiger partial charge in [0.05, 0.1) is 37.6 Å². The molecule has 3 saturated carbocycles. The second-order valence-corrected chi connectivity index (χ2v) is 6.54. The van der Waals surface area contributed by atoms with Gasteiger partial charge in [-0.1, -0.05) is 0 Å². The molecule has 0 unspecified atom stereocenters. The molecule has 0 spiro atoms. The van der Waals surface area contributed by atoms with Gasteiger partial charge in [0.1, 0.15) is 0 Å². The highest BCUT2D eigenvalue weighted by atomic mass is 16.5. The van der Waals surface area contributed by atoms with Gasteiger partial charge in [0, 0.05) is 13.7 Å². The minimum absolute atomic E-state index is 0.438. The topological polar surface area (TPSA) is 36.9 Å². The molecule has 0 heterocycles. The molecule has 0 N–H and O–H groups in total. The van der Waals surface area contributed by atoms with Gasteiger partial charge in [-0.05, 0) is 50.9 Å². The van der Waals surface area contributed by atoms with Crippen molar-refractivity contribution in [1.82, 2.24) is 0 Å². The molecule has 116 valence electrons. The summed E-state index contributed by atoms with van der Waals surface area (Å²) in [5.74, 6) is 0.703. The van der Waals surface area contributed by atoms with Gasteiger partial charge in [-0.15, -0.1) is 0 Å². The summed E-state index contributed by atoms with van der Waals surface area (Å²) in [5.41, 5.74) is 0.